The van der Waals surface area contributed by atoms with Crippen LogP contribution in [0.1, 0.15) is 27.6 Å². The minimum atomic E-state index is -0.634. The number of benzene rings is 1. The Bertz CT molecular complexity index is 371. The van der Waals surface area contributed by atoms with Gasteiger partial charge in [0.05, 0.1) is 5.56 Å². The first-order valence-corrected chi connectivity index (χ1v) is 3.66. The van der Waals surface area contributed by atoms with Crippen LogP contribution in [0.4, 0.5) is 0 Å². The number of ketones is 1. The molecule has 0 radical (unpaired) electrons. The molecule has 0 aromatic heterocycles. The molecule has 1 aromatic carbocycles. The molecule has 4 heteroatoms. The first-order valence-electron chi connectivity index (χ1n) is 3.66. The molecule has 13 heavy (non-hydrogen) atoms. The summed E-state index contributed by atoms with van der Waals surface area (Å²) in [5.74, 6) is -1.11. The fraction of sp³-hybridized carbons (Fsp3) is 0.111. The molecule has 0 atom stereocenters. The average Bonchev–Trinajstić information content (AvgIpc) is 2.03. The number of nitrogens with two attached hydrogens (primary N) is 1. The minimum absolute atomic E-state index is 0.183. The molecule has 0 aliphatic heterocycles. The van der Waals surface area contributed by atoms with Gasteiger partial charge in [0.25, 0.3) is 0 Å². The molecule has 68 valence electrons. The van der Waals surface area contributed by atoms with Crippen molar-refractivity contribution in [2.75, 3.05) is 0 Å². The second-order valence-corrected chi connectivity index (χ2v) is 2.65. The molecule has 0 saturated heterocycles. The lowest BCUT2D eigenvalue weighted by Gasteiger charge is -2.01. The van der Waals surface area contributed by atoms with Crippen LogP contribution in [0.15, 0.2) is 18.2 Å². The molecular formula is C9H9NO3. The molecule has 0 unspecified atom stereocenters. The smallest absolute Gasteiger partial charge is 0.248 e. The summed E-state index contributed by atoms with van der Waals surface area (Å²) in [6, 6.07) is 3.95. The number of aromatic hydroxyl groups is 1. The van der Waals surface area contributed by atoms with Crippen molar-refractivity contribution in [3.05, 3.63) is 29.3 Å². The van der Waals surface area contributed by atoms with Crippen molar-refractivity contribution < 1.29 is 14.7 Å². The van der Waals surface area contributed by atoms with Crippen LogP contribution in [0.2, 0.25) is 0 Å². The fourth-order valence-electron chi connectivity index (χ4n) is 0.983. The number of phenols is 1. The lowest BCUT2D eigenvalue weighted by Crippen LogP contribution is -2.11. The van der Waals surface area contributed by atoms with E-state index in [1.54, 1.807) is 0 Å². The molecule has 0 heterocycles. The Balaban J connectivity index is 3.20. The topological polar surface area (TPSA) is 80.4 Å². The van der Waals surface area contributed by atoms with Crippen LogP contribution in [0.5, 0.6) is 5.75 Å². The summed E-state index contributed by atoms with van der Waals surface area (Å²) in [4.78, 5) is 21.5. The number of hydrogen-bond acceptors (Lipinski definition) is 3. The molecule has 1 aromatic rings. The Kier molecular flexibility index (Phi) is 2.32. The number of amides is 1. The highest BCUT2D eigenvalue weighted by molar-refractivity contribution is 5.99. The van der Waals surface area contributed by atoms with Gasteiger partial charge in [0.1, 0.15) is 5.75 Å². The highest BCUT2D eigenvalue weighted by Crippen LogP contribution is 2.18. The monoisotopic (exact) mass is 179 g/mol. The second kappa shape index (κ2) is 3.26. The van der Waals surface area contributed by atoms with Crippen molar-refractivity contribution >= 4 is 11.7 Å². The summed E-state index contributed by atoms with van der Waals surface area (Å²) in [6.45, 7) is 1.33. The van der Waals surface area contributed by atoms with Crippen LogP contribution < -0.4 is 5.73 Å². The van der Waals surface area contributed by atoms with E-state index < -0.39 is 5.91 Å². The molecule has 0 saturated carbocycles. The first kappa shape index (κ1) is 9.25. The molecule has 0 bridgehead atoms. The van der Waals surface area contributed by atoms with Crippen molar-refractivity contribution in [2.24, 2.45) is 5.73 Å². The van der Waals surface area contributed by atoms with E-state index in [2.05, 4.69) is 0 Å². The van der Waals surface area contributed by atoms with Crippen molar-refractivity contribution in [2.45, 2.75) is 6.92 Å². The Hall–Kier alpha value is -1.84. The Morgan fingerprint density at radius 2 is 2.00 bits per heavy atom. The van der Waals surface area contributed by atoms with Crippen LogP contribution in [-0.4, -0.2) is 16.8 Å². The van der Waals surface area contributed by atoms with Gasteiger partial charge in [-0.15, -0.1) is 0 Å². The van der Waals surface area contributed by atoms with Crippen LogP contribution in [0.25, 0.3) is 0 Å². The van der Waals surface area contributed by atoms with Gasteiger partial charge < -0.3 is 10.8 Å². The summed E-state index contributed by atoms with van der Waals surface area (Å²) in [5, 5.41) is 9.28. The minimum Gasteiger partial charge on any atom is -0.507 e. The van der Waals surface area contributed by atoms with Gasteiger partial charge in [-0.3, -0.25) is 9.59 Å². The second-order valence-electron chi connectivity index (χ2n) is 2.65. The zero-order valence-corrected chi connectivity index (χ0v) is 7.07. The first-order chi connectivity index (χ1) is 6.02. The SMILES string of the molecule is CC(=O)c1ccc(C(N)=O)cc1O. The van der Waals surface area contributed by atoms with Gasteiger partial charge in [0, 0.05) is 5.56 Å². The number of carbonyl (C=O) groups is 2. The van der Waals surface area contributed by atoms with Gasteiger partial charge in [-0.25, -0.2) is 0 Å². The van der Waals surface area contributed by atoms with Crippen LogP contribution in [0, 0.1) is 0 Å². The number of Topliss-reactive ketones (excluding diaryl/α,β-unsaturated/α-hetero) is 1. The lowest BCUT2D eigenvalue weighted by atomic mass is 10.1. The maximum absolute atomic E-state index is 10.9. The summed E-state index contributed by atoms with van der Waals surface area (Å²) < 4.78 is 0. The number of hydrogen-bond donors (Lipinski definition) is 2. The highest BCUT2D eigenvalue weighted by atomic mass is 16.3. The predicted octanol–water partition coefficient (Wildman–Crippen LogP) is 0.694. The third-order valence-electron chi connectivity index (χ3n) is 1.66. The molecular weight excluding hydrogens is 170 g/mol. The third kappa shape index (κ3) is 1.84. The number of carbonyl (C=O) groups excluding carboxylic acids is 2. The van der Waals surface area contributed by atoms with E-state index in [9.17, 15) is 14.7 Å². The van der Waals surface area contributed by atoms with Gasteiger partial charge in [-0.1, -0.05) is 0 Å². The van der Waals surface area contributed by atoms with Crippen molar-refractivity contribution in [3.63, 3.8) is 0 Å². The van der Waals surface area contributed by atoms with Gasteiger partial charge in [0.15, 0.2) is 5.78 Å². The zero-order valence-electron chi connectivity index (χ0n) is 7.07. The van der Waals surface area contributed by atoms with Gasteiger partial charge in [0.2, 0.25) is 5.91 Å². The van der Waals surface area contributed by atoms with Crippen molar-refractivity contribution in [3.8, 4) is 5.75 Å². The van der Waals surface area contributed by atoms with E-state index in [4.69, 9.17) is 5.73 Å². The number of rotatable bonds is 2. The largest absolute Gasteiger partial charge is 0.507 e. The van der Waals surface area contributed by atoms with Crippen LogP contribution >= 0.6 is 0 Å². The van der Waals surface area contributed by atoms with Gasteiger partial charge in [-0.2, -0.15) is 0 Å². The maximum atomic E-state index is 10.9. The van der Waals surface area contributed by atoms with Gasteiger partial charge >= 0.3 is 0 Å². The molecule has 0 aliphatic rings. The van der Waals surface area contributed by atoms with Crippen molar-refractivity contribution in [1.29, 1.82) is 0 Å². The van der Waals surface area contributed by atoms with E-state index in [0.29, 0.717) is 0 Å². The summed E-state index contributed by atoms with van der Waals surface area (Å²) in [7, 11) is 0. The standard InChI is InChI=1S/C9H9NO3/c1-5(11)7-3-2-6(9(10)13)4-8(7)12/h2-4,12H,1H3,(H2,10,13). The number of phenolic OH excluding ortho intramolecular Hbond substituents is 1. The van der Waals surface area contributed by atoms with E-state index in [1.165, 1.54) is 25.1 Å². The Morgan fingerprint density at radius 1 is 1.38 bits per heavy atom. The lowest BCUT2D eigenvalue weighted by molar-refractivity contribution is 0.0991. The van der Waals surface area contributed by atoms with Crippen LogP contribution in [-0.2, 0) is 0 Å². The molecule has 1 amide bonds. The molecule has 0 fully saturated rings. The Morgan fingerprint density at radius 3 is 2.38 bits per heavy atom. The van der Waals surface area contributed by atoms with E-state index in [0.717, 1.165) is 0 Å². The number of primary amides is 1. The van der Waals surface area contributed by atoms with E-state index >= 15 is 0 Å². The Labute approximate surface area is 75.0 Å². The van der Waals surface area contributed by atoms with Crippen LogP contribution in [0.3, 0.4) is 0 Å². The van der Waals surface area contributed by atoms with E-state index in [1.807, 2.05) is 0 Å². The molecule has 0 spiro atoms. The summed E-state index contributed by atoms with van der Waals surface area (Å²) in [6.07, 6.45) is 0. The quantitative estimate of drug-likeness (QED) is 0.655. The van der Waals surface area contributed by atoms with Gasteiger partial charge in [-0.05, 0) is 25.1 Å². The van der Waals surface area contributed by atoms with Crippen molar-refractivity contribution in [1.82, 2.24) is 0 Å². The summed E-state index contributed by atoms with van der Waals surface area (Å²) in [5.41, 5.74) is 5.34. The summed E-state index contributed by atoms with van der Waals surface area (Å²) >= 11 is 0. The predicted molar refractivity (Wildman–Crippen MR) is 46.6 cm³/mol. The fourth-order valence-corrected chi connectivity index (χ4v) is 0.983. The molecule has 1 rings (SSSR count). The molecule has 0 aliphatic carbocycles. The normalized spacial score (nSPS) is 9.62. The zero-order chi connectivity index (χ0) is 10.0. The third-order valence-corrected chi connectivity index (χ3v) is 1.66. The molecule has 3 N–H and O–H groups in total. The molecule has 4 nitrogen and oxygen atoms in total. The highest BCUT2D eigenvalue weighted by Gasteiger charge is 2.08. The van der Waals surface area contributed by atoms with E-state index in [-0.39, 0.29) is 22.7 Å². The average molecular weight is 179 g/mol. The maximum Gasteiger partial charge on any atom is 0.248 e.